The van der Waals surface area contributed by atoms with Gasteiger partial charge in [-0.3, -0.25) is 14.5 Å². The molecule has 2 amide bonds. The van der Waals surface area contributed by atoms with Crippen LogP contribution < -0.4 is 14.8 Å². The molecule has 0 saturated carbocycles. The number of carbonyl (C=O) groups excluding carboxylic acids is 3. The third-order valence-corrected chi connectivity index (χ3v) is 7.56. The summed E-state index contributed by atoms with van der Waals surface area (Å²) < 4.78 is 15.9. The van der Waals surface area contributed by atoms with E-state index in [4.69, 9.17) is 19.2 Å². The van der Waals surface area contributed by atoms with Gasteiger partial charge in [-0.05, 0) is 86.0 Å². The van der Waals surface area contributed by atoms with Crippen LogP contribution in [-0.2, 0) is 20.7 Å². The van der Waals surface area contributed by atoms with Crippen LogP contribution in [0.5, 0.6) is 11.5 Å². The molecule has 220 valence electrons. The first-order valence-electron chi connectivity index (χ1n) is 13.9. The highest BCUT2D eigenvalue weighted by Crippen LogP contribution is 2.32. The van der Waals surface area contributed by atoms with E-state index in [2.05, 4.69) is 5.32 Å². The molecule has 0 spiro atoms. The van der Waals surface area contributed by atoms with Crippen molar-refractivity contribution in [2.75, 3.05) is 32.2 Å². The molecule has 0 aliphatic carbocycles. The molecular weight excluding hydrogens is 554 g/mol. The van der Waals surface area contributed by atoms with Crippen molar-refractivity contribution in [2.24, 2.45) is 4.99 Å². The molecule has 1 atom stereocenters. The predicted octanol–water partition coefficient (Wildman–Crippen LogP) is 5.86. The number of rotatable bonds is 13. The molecule has 3 aromatic rings. The van der Waals surface area contributed by atoms with Crippen LogP contribution in [0.2, 0.25) is 0 Å². The molecule has 1 aliphatic rings. The molecular formula is C32H35N3O6S. The number of ether oxygens (including phenoxy) is 3. The van der Waals surface area contributed by atoms with Crippen molar-refractivity contribution in [3.05, 3.63) is 83.9 Å². The summed E-state index contributed by atoms with van der Waals surface area (Å²) in [7, 11) is 1.62. The molecule has 1 heterocycles. The Labute approximate surface area is 250 Å². The Hall–Kier alpha value is -4.31. The molecule has 4 rings (SSSR count). The van der Waals surface area contributed by atoms with E-state index in [-0.39, 0.29) is 18.2 Å². The number of amides is 2. The van der Waals surface area contributed by atoms with E-state index in [1.165, 1.54) is 11.8 Å². The summed E-state index contributed by atoms with van der Waals surface area (Å²) >= 11 is 1.27. The standard InChI is InChI=1S/C32H35N3O6S/c1-4-20-41-27-16-12-24(13-17-27)33-29(36)21-28-30(37)35(19-18-22-6-14-26(39-3)15-7-22)32(42-28)34-25-10-8-23(9-11-25)31(38)40-5-2/h6-17,28H,4-5,18-21H2,1-3H3,(H,33,36)/t28-/m0/s1. The lowest BCUT2D eigenvalue weighted by molar-refractivity contribution is -0.128. The average Bonchev–Trinajstić information content (AvgIpc) is 3.29. The molecule has 0 unspecified atom stereocenters. The summed E-state index contributed by atoms with van der Waals surface area (Å²) in [5, 5.41) is 2.76. The van der Waals surface area contributed by atoms with Crippen LogP contribution in [0.3, 0.4) is 0 Å². The number of amidine groups is 1. The van der Waals surface area contributed by atoms with Crippen LogP contribution >= 0.6 is 11.8 Å². The van der Waals surface area contributed by atoms with Crippen molar-refractivity contribution < 1.29 is 28.6 Å². The van der Waals surface area contributed by atoms with Crippen molar-refractivity contribution in [1.29, 1.82) is 0 Å². The zero-order chi connectivity index (χ0) is 29.9. The minimum Gasteiger partial charge on any atom is -0.497 e. The van der Waals surface area contributed by atoms with Crippen molar-refractivity contribution in [1.82, 2.24) is 4.90 Å². The first-order valence-corrected chi connectivity index (χ1v) is 14.8. The molecule has 1 saturated heterocycles. The quantitative estimate of drug-likeness (QED) is 0.249. The van der Waals surface area contributed by atoms with E-state index in [0.717, 1.165) is 23.5 Å². The summed E-state index contributed by atoms with van der Waals surface area (Å²) in [6, 6.07) is 21.5. The van der Waals surface area contributed by atoms with Crippen molar-refractivity contribution in [3.8, 4) is 11.5 Å². The van der Waals surface area contributed by atoms with E-state index >= 15 is 0 Å². The number of esters is 1. The summed E-state index contributed by atoms with van der Waals surface area (Å²) in [5.74, 6) is 0.652. The zero-order valence-corrected chi connectivity index (χ0v) is 24.8. The number of benzene rings is 3. The third kappa shape index (κ3) is 8.36. The molecule has 3 aromatic carbocycles. The maximum Gasteiger partial charge on any atom is 0.338 e. The number of nitrogens with zero attached hydrogens (tertiary/aromatic N) is 2. The zero-order valence-electron chi connectivity index (χ0n) is 24.0. The fraction of sp³-hybridized carbons (Fsp3) is 0.312. The summed E-state index contributed by atoms with van der Waals surface area (Å²) in [6.45, 7) is 5.10. The van der Waals surface area contributed by atoms with Gasteiger partial charge in [-0.2, -0.15) is 0 Å². The number of methoxy groups -OCH3 is 1. The first kappa shape index (κ1) is 30.6. The predicted molar refractivity (Wildman–Crippen MR) is 165 cm³/mol. The molecule has 0 radical (unpaired) electrons. The number of thioether (sulfide) groups is 1. The lowest BCUT2D eigenvalue weighted by Gasteiger charge is -2.17. The number of nitrogens with one attached hydrogen (secondary N) is 1. The highest BCUT2D eigenvalue weighted by molar-refractivity contribution is 8.15. The third-order valence-electron chi connectivity index (χ3n) is 6.39. The molecule has 10 heteroatoms. The SMILES string of the molecule is CCCOc1ccc(NC(=O)C[C@@H]2SC(=Nc3ccc(C(=O)OCC)cc3)N(CCc3ccc(OC)cc3)C2=O)cc1. The Morgan fingerprint density at radius 1 is 0.952 bits per heavy atom. The minimum atomic E-state index is -0.620. The van der Waals surface area contributed by atoms with E-state index < -0.39 is 11.2 Å². The average molecular weight is 590 g/mol. The second kappa shape index (κ2) is 15.1. The van der Waals surface area contributed by atoms with Gasteiger partial charge in [-0.25, -0.2) is 9.79 Å². The van der Waals surface area contributed by atoms with Gasteiger partial charge in [-0.15, -0.1) is 0 Å². The van der Waals surface area contributed by atoms with Gasteiger partial charge in [0.2, 0.25) is 11.8 Å². The van der Waals surface area contributed by atoms with Gasteiger partial charge in [-0.1, -0.05) is 30.8 Å². The van der Waals surface area contributed by atoms with Gasteiger partial charge in [0.15, 0.2) is 5.17 Å². The van der Waals surface area contributed by atoms with Crippen LogP contribution in [0, 0.1) is 0 Å². The molecule has 1 N–H and O–H groups in total. The van der Waals surface area contributed by atoms with Gasteiger partial charge in [0.1, 0.15) is 16.7 Å². The topological polar surface area (TPSA) is 107 Å². The molecule has 0 bridgehead atoms. The lowest BCUT2D eigenvalue weighted by Crippen LogP contribution is -2.35. The molecule has 0 aromatic heterocycles. The number of hydrogen-bond donors (Lipinski definition) is 1. The number of aliphatic imine (C=N–C) groups is 1. The fourth-order valence-electron chi connectivity index (χ4n) is 4.20. The minimum absolute atomic E-state index is 0.00254. The second-order valence-electron chi connectivity index (χ2n) is 9.48. The van der Waals surface area contributed by atoms with E-state index in [9.17, 15) is 14.4 Å². The number of hydrogen-bond acceptors (Lipinski definition) is 8. The fourth-order valence-corrected chi connectivity index (χ4v) is 5.38. The maximum absolute atomic E-state index is 13.5. The molecule has 1 aliphatic heterocycles. The monoisotopic (exact) mass is 589 g/mol. The first-order chi connectivity index (χ1) is 20.4. The van der Waals surface area contributed by atoms with Crippen molar-refractivity contribution in [3.63, 3.8) is 0 Å². The Kier molecular flexibility index (Phi) is 11.0. The van der Waals surface area contributed by atoms with E-state index in [1.807, 2.05) is 31.2 Å². The van der Waals surface area contributed by atoms with Gasteiger partial charge in [0, 0.05) is 18.7 Å². The van der Waals surface area contributed by atoms with Crippen molar-refractivity contribution >= 4 is 46.1 Å². The van der Waals surface area contributed by atoms with Crippen LogP contribution in [0.15, 0.2) is 77.8 Å². The van der Waals surface area contributed by atoms with Crippen molar-refractivity contribution in [2.45, 2.75) is 38.4 Å². The summed E-state index contributed by atoms with van der Waals surface area (Å²) in [6.07, 6.45) is 1.51. The highest BCUT2D eigenvalue weighted by atomic mass is 32.2. The van der Waals surface area contributed by atoms with Gasteiger partial charge >= 0.3 is 5.97 Å². The van der Waals surface area contributed by atoms with Gasteiger partial charge in [0.25, 0.3) is 0 Å². The smallest absolute Gasteiger partial charge is 0.338 e. The Morgan fingerprint density at radius 3 is 2.29 bits per heavy atom. The van der Waals surface area contributed by atoms with Crippen LogP contribution in [0.1, 0.15) is 42.6 Å². The number of carbonyl (C=O) groups is 3. The van der Waals surface area contributed by atoms with Crippen LogP contribution in [0.4, 0.5) is 11.4 Å². The van der Waals surface area contributed by atoms with Gasteiger partial charge in [0.05, 0.1) is 31.6 Å². The van der Waals surface area contributed by atoms with Crippen LogP contribution in [-0.4, -0.2) is 60.0 Å². The summed E-state index contributed by atoms with van der Waals surface area (Å²) in [4.78, 5) is 44.8. The Morgan fingerprint density at radius 2 is 1.64 bits per heavy atom. The summed E-state index contributed by atoms with van der Waals surface area (Å²) in [5.41, 5.74) is 2.68. The van der Waals surface area contributed by atoms with Crippen LogP contribution in [0.25, 0.3) is 0 Å². The molecule has 42 heavy (non-hydrogen) atoms. The maximum atomic E-state index is 13.5. The largest absolute Gasteiger partial charge is 0.497 e. The Bertz CT molecular complexity index is 1390. The lowest BCUT2D eigenvalue weighted by atomic mass is 10.1. The normalized spacial score (nSPS) is 15.5. The van der Waals surface area contributed by atoms with Gasteiger partial charge < -0.3 is 19.5 Å². The van der Waals surface area contributed by atoms with E-state index in [1.54, 1.807) is 67.5 Å². The number of anilines is 1. The second-order valence-corrected chi connectivity index (χ2v) is 10.7. The highest BCUT2D eigenvalue weighted by Gasteiger charge is 2.39. The Balaban J connectivity index is 1.47. The molecule has 9 nitrogen and oxygen atoms in total. The van der Waals surface area contributed by atoms with E-state index in [0.29, 0.717) is 48.3 Å². The molecule has 1 fully saturated rings.